The lowest BCUT2D eigenvalue weighted by molar-refractivity contribution is 0.451. The number of nitrogens with one attached hydrogen (secondary N) is 1. The average molecular weight is 420 g/mol. The largest absolute Gasteiger partial charge is 0.439 e. The Morgan fingerprint density at radius 3 is 2.66 bits per heavy atom. The molecule has 0 aliphatic rings. The Balaban J connectivity index is 1.87. The lowest BCUT2D eigenvalue weighted by Gasteiger charge is -2.12. The van der Waals surface area contributed by atoms with Gasteiger partial charge in [0.15, 0.2) is 4.90 Å². The van der Waals surface area contributed by atoms with E-state index in [1.165, 1.54) is 38.5 Å². The van der Waals surface area contributed by atoms with Gasteiger partial charge in [0.2, 0.25) is 15.9 Å². The second-order valence-corrected chi connectivity index (χ2v) is 7.84. The maximum absolute atomic E-state index is 13.3. The fourth-order valence-corrected chi connectivity index (χ4v) is 3.67. The van der Waals surface area contributed by atoms with Crippen LogP contribution in [0.5, 0.6) is 11.6 Å². The zero-order chi connectivity index (χ0) is 21.2. The van der Waals surface area contributed by atoms with Gasteiger partial charge in [-0.15, -0.1) is 0 Å². The molecule has 1 N–H and O–H groups in total. The summed E-state index contributed by atoms with van der Waals surface area (Å²) in [7, 11) is -1.70. The highest BCUT2D eigenvalue weighted by molar-refractivity contribution is 7.89. The summed E-state index contributed by atoms with van der Waals surface area (Å²) in [6.45, 7) is -0.243. The monoisotopic (exact) mass is 420 g/mol. The van der Waals surface area contributed by atoms with Crippen LogP contribution in [0.15, 0.2) is 63.3 Å². The van der Waals surface area contributed by atoms with E-state index >= 15 is 0 Å². The van der Waals surface area contributed by atoms with Crippen LogP contribution in [0.3, 0.4) is 0 Å². The Morgan fingerprint density at radius 2 is 1.93 bits per heavy atom. The summed E-state index contributed by atoms with van der Waals surface area (Å²) in [5, 5.41) is 0. The summed E-state index contributed by atoms with van der Waals surface area (Å²) in [5.41, 5.74) is -1.23. The molecule has 0 aliphatic carbocycles. The first-order chi connectivity index (χ1) is 13.7. The van der Waals surface area contributed by atoms with Crippen molar-refractivity contribution in [1.29, 1.82) is 0 Å². The van der Waals surface area contributed by atoms with Crippen LogP contribution in [-0.4, -0.2) is 22.5 Å². The third kappa shape index (κ3) is 4.41. The number of sulfonamides is 1. The van der Waals surface area contributed by atoms with Crippen LogP contribution < -0.4 is 20.7 Å². The molecule has 9 nitrogen and oxygen atoms in total. The summed E-state index contributed by atoms with van der Waals surface area (Å²) < 4.78 is 48.1. The highest BCUT2D eigenvalue weighted by Crippen LogP contribution is 2.23. The van der Waals surface area contributed by atoms with E-state index in [0.717, 1.165) is 16.8 Å². The lowest BCUT2D eigenvalue weighted by Crippen LogP contribution is -2.41. The molecule has 3 aromatic rings. The van der Waals surface area contributed by atoms with Crippen molar-refractivity contribution in [3.63, 3.8) is 0 Å². The number of hydrogen-bond acceptors (Lipinski definition) is 6. The Kier molecular flexibility index (Phi) is 5.62. The second kappa shape index (κ2) is 7.97. The first-order valence-electron chi connectivity index (χ1n) is 8.32. The molecule has 2 heterocycles. The molecular formula is C18H17FN4O5S. The van der Waals surface area contributed by atoms with Gasteiger partial charge in [-0.2, -0.15) is 0 Å². The van der Waals surface area contributed by atoms with Crippen molar-refractivity contribution in [3.05, 3.63) is 81.0 Å². The number of pyridine rings is 1. The maximum Gasteiger partial charge on any atom is 0.330 e. The quantitative estimate of drug-likeness (QED) is 0.634. The summed E-state index contributed by atoms with van der Waals surface area (Å²) in [5.74, 6) is -0.222. The minimum Gasteiger partial charge on any atom is -0.439 e. The smallest absolute Gasteiger partial charge is 0.330 e. The molecule has 1 aromatic carbocycles. The van der Waals surface area contributed by atoms with Crippen LogP contribution in [0.25, 0.3) is 0 Å². The summed E-state index contributed by atoms with van der Waals surface area (Å²) in [4.78, 5) is 27.4. The van der Waals surface area contributed by atoms with Crippen LogP contribution in [0.2, 0.25) is 0 Å². The van der Waals surface area contributed by atoms with E-state index in [-0.39, 0.29) is 18.2 Å². The Bertz CT molecular complexity index is 1280. The number of aryl methyl sites for hydroxylation is 1. The topological polar surface area (TPSA) is 112 Å². The van der Waals surface area contributed by atoms with E-state index in [2.05, 4.69) is 9.71 Å². The van der Waals surface area contributed by atoms with Crippen molar-refractivity contribution < 1.29 is 17.5 Å². The molecule has 0 bridgehead atoms. The molecule has 29 heavy (non-hydrogen) atoms. The van der Waals surface area contributed by atoms with Gasteiger partial charge in [0.1, 0.15) is 11.6 Å². The molecule has 0 radical (unpaired) electrons. The van der Waals surface area contributed by atoms with Crippen LogP contribution in [-0.2, 0) is 30.7 Å². The van der Waals surface area contributed by atoms with Gasteiger partial charge >= 0.3 is 5.69 Å². The zero-order valence-electron chi connectivity index (χ0n) is 15.5. The fourth-order valence-electron chi connectivity index (χ4n) is 2.50. The molecule has 152 valence electrons. The van der Waals surface area contributed by atoms with E-state index in [1.54, 1.807) is 12.1 Å². The summed E-state index contributed by atoms with van der Waals surface area (Å²) >= 11 is 0. The minimum atomic E-state index is -4.23. The third-order valence-electron chi connectivity index (χ3n) is 4.02. The van der Waals surface area contributed by atoms with Gasteiger partial charge in [0.25, 0.3) is 5.56 Å². The molecule has 0 unspecified atom stereocenters. The summed E-state index contributed by atoms with van der Waals surface area (Å²) in [6, 6.07) is 8.56. The lowest BCUT2D eigenvalue weighted by atomic mass is 10.3. The Hall–Kier alpha value is -3.31. The normalized spacial score (nSPS) is 11.4. The highest BCUT2D eigenvalue weighted by atomic mass is 32.2. The van der Waals surface area contributed by atoms with Crippen molar-refractivity contribution in [1.82, 2.24) is 18.8 Å². The van der Waals surface area contributed by atoms with E-state index in [9.17, 15) is 22.4 Å². The molecule has 0 saturated carbocycles. The van der Waals surface area contributed by atoms with Crippen molar-refractivity contribution >= 4 is 10.0 Å². The number of nitrogens with zero attached hydrogens (tertiary/aromatic N) is 3. The van der Waals surface area contributed by atoms with Gasteiger partial charge in [0.05, 0.1) is 0 Å². The van der Waals surface area contributed by atoms with Crippen LogP contribution in [0, 0.1) is 5.82 Å². The number of hydrogen-bond donors (Lipinski definition) is 1. The van der Waals surface area contributed by atoms with Gasteiger partial charge in [-0.1, -0.05) is 12.1 Å². The molecule has 0 spiro atoms. The molecule has 2 aromatic heterocycles. The van der Waals surface area contributed by atoms with Crippen LogP contribution in [0.4, 0.5) is 4.39 Å². The Labute approximate surface area is 165 Å². The van der Waals surface area contributed by atoms with E-state index < -0.39 is 32.0 Å². The van der Waals surface area contributed by atoms with Crippen molar-refractivity contribution in [2.75, 3.05) is 0 Å². The van der Waals surface area contributed by atoms with Crippen LogP contribution >= 0.6 is 0 Å². The molecular weight excluding hydrogens is 403 g/mol. The molecule has 0 fully saturated rings. The predicted octanol–water partition coefficient (Wildman–Crippen LogP) is 0.889. The van der Waals surface area contributed by atoms with Crippen molar-refractivity contribution in [2.24, 2.45) is 14.1 Å². The number of halogens is 1. The number of rotatable bonds is 6. The molecule has 11 heteroatoms. The van der Waals surface area contributed by atoms with E-state index in [1.807, 2.05) is 0 Å². The molecule has 0 aliphatic heterocycles. The fraction of sp³-hybridized carbons (Fsp3) is 0.167. The van der Waals surface area contributed by atoms with E-state index in [4.69, 9.17) is 4.74 Å². The maximum atomic E-state index is 13.3. The SMILES string of the molecule is Cn1cc(S(=O)(=O)NCc2cccnc2Oc2cccc(F)c2)c(=O)n(C)c1=O. The highest BCUT2D eigenvalue weighted by Gasteiger charge is 2.22. The average Bonchev–Trinajstić information content (AvgIpc) is 2.68. The Morgan fingerprint density at radius 1 is 1.17 bits per heavy atom. The zero-order valence-corrected chi connectivity index (χ0v) is 16.3. The van der Waals surface area contributed by atoms with E-state index in [0.29, 0.717) is 10.1 Å². The van der Waals surface area contributed by atoms with Crippen LogP contribution in [0.1, 0.15) is 5.56 Å². The third-order valence-corrected chi connectivity index (χ3v) is 5.40. The molecule has 0 saturated heterocycles. The van der Waals surface area contributed by atoms with Gasteiger partial charge in [-0.3, -0.25) is 9.36 Å². The van der Waals surface area contributed by atoms with Crippen molar-refractivity contribution in [3.8, 4) is 11.6 Å². The number of benzene rings is 1. The second-order valence-electron chi connectivity index (χ2n) is 6.10. The standard InChI is InChI=1S/C18H17FN4O5S/c1-22-11-15(17(24)23(2)18(22)25)29(26,27)21-10-12-5-4-8-20-16(12)28-14-7-3-6-13(19)9-14/h3-9,11,21H,10H2,1-2H3. The number of aromatic nitrogens is 3. The first kappa shape index (κ1) is 20.4. The minimum absolute atomic E-state index is 0.0779. The summed E-state index contributed by atoms with van der Waals surface area (Å²) in [6.07, 6.45) is 2.40. The number of ether oxygens (including phenoxy) is 1. The first-order valence-corrected chi connectivity index (χ1v) is 9.81. The predicted molar refractivity (Wildman–Crippen MR) is 102 cm³/mol. The molecule has 0 amide bonds. The molecule has 3 rings (SSSR count). The van der Waals surface area contributed by atoms with Gasteiger partial charge < -0.3 is 9.30 Å². The van der Waals surface area contributed by atoms with Gasteiger partial charge in [-0.25, -0.2) is 27.3 Å². The van der Waals surface area contributed by atoms with Crippen molar-refractivity contribution in [2.45, 2.75) is 11.4 Å². The molecule has 0 atom stereocenters. The van der Waals surface area contributed by atoms with Gasteiger partial charge in [-0.05, 0) is 18.2 Å². The van der Waals surface area contributed by atoms with Gasteiger partial charge in [0, 0.05) is 44.7 Å².